The van der Waals surface area contributed by atoms with Gasteiger partial charge in [0.25, 0.3) is 0 Å². The van der Waals surface area contributed by atoms with E-state index in [0.717, 1.165) is 31.4 Å². The van der Waals surface area contributed by atoms with Crippen LogP contribution in [0.2, 0.25) is 0 Å². The average Bonchev–Trinajstić information content (AvgIpc) is 3.13. The van der Waals surface area contributed by atoms with Crippen LogP contribution in [0.15, 0.2) is 47.2 Å². The lowest BCUT2D eigenvalue weighted by Crippen LogP contribution is -2.43. The van der Waals surface area contributed by atoms with Crippen molar-refractivity contribution in [2.75, 3.05) is 13.1 Å². The van der Waals surface area contributed by atoms with E-state index in [1.807, 2.05) is 39.9 Å². The molecule has 4 heteroatoms. The van der Waals surface area contributed by atoms with Crippen LogP contribution >= 0.6 is 11.3 Å². The van der Waals surface area contributed by atoms with Crippen LogP contribution in [-0.2, 0) is 22.4 Å². The molecule has 0 bridgehead atoms. The first-order chi connectivity index (χ1) is 11.7. The predicted octanol–water partition coefficient (Wildman–Crippen LogP) is 3.73. The number of likely N-dealkylation sites (tertiary alicyclic amines) is 1. The molecule has 0 radical (unpaired) electrons. The van der Waals surface area contributed by atoms with E-state index in [4.69, 9.17) is 0 Å². The molecule has 0 spiro atoms. The fourth-order valence-corrected chi connectivity index (χ4v) is 3.93. The lowest BCUT2D eigenvalue weighted by atomic mass is 9.90. The van der Waals surface area contributed by atoms with Crippen molar-refractivity contribution in [2.45, 2.75) is 32.1 Å². The van der Waals surface area contributed by atoms with Gasteiger partial charge in [-0.25, -0.2) is 0 Å². The first kappa shape index (κ1) is 16.9. The Balaban J connectivity index is 1.51. The van der Waals surface area contributed by atoms with Crippen LogP contribution in [0.5, 0.6) is 0 Å². The zero-order valence-corrected chi connectivity index (χ0v) is 14.6. The van der Waals surface area contributed by atoms with Crippen molar-refractivity contribution < 1.29 is 9.59 Å². The molecule has 0 N–H and O–H groups in total. The number of aryl methyl sites for hydroxylation is 1. The molecule has 1 aliphatic rings. The normalized spacial score (nSPS) is 17.7. The quantitative estimate of drug-likeness (QED) is 0.803. The van der Waals surface area contributed by atoms with Gasteiger partial charge in [-0.15, -0.1) is 0 Å². The zero-order valence-electron chi connectivity index (χ0n) is 13.8. The number of carbonyl (C=O) groups is 2. The molecule has 3 nitrogen and oxygen atoms in total. The van der Waals surface area contributed by atoms with E-state index >= 15 is 0 Å². The number of carbonyl (C=O) groups excluding carboxylic acids is 2. The molecule has 2 heterocycles. The van der Waals surface area contributed by atoms with Crippen molar-refractivity contribution in [1.29, 1.82) is 0 Å². The van der Waals surface area contributed by atoms with Gasteiger partial charge in [-0.3, -0.25) is 9.59 Å². The topological polar surface area (TPSA) is 37.4 Å². The van der Waals surface area contributed by atoms with E-state index in [9.17, 15) is 9.59 Å². The lowest BCUT2D eigenvalue weighted by molar-refractivity contribution is -0.134. The number of benzene rings is 1. The summed E-state index contributed by atoms with van der Waals surface area (Å²) in [6.07, 6.45) is 3.65. The Morgan fingerprint density at radius 2 is 1.96 bits per heavy atom. The third-order valence-electron chi connectivity index (χ3n) is 4.67. The van der Waals surface area contributed by atoms with Crippen LogP contribution in [0, 0.1) is 5.92 Å². The maximum atomic E-state index is 12.5. The summed E-state index contributed by atoms with van der Waals surface area (Å²) in [6.45, 7) is 1.38. The average molecular weight is 341 g/mol. The minimum absolute atomic E-state index is 0.00823. The first-order valence-corrected chi connectivity index (χ1v) is 9.52. The highest BCUT2D eigenvalue weighted by atomic mass is 32.1. The predicted molar refractivity (Wildman–Crippen MR) is 97.1 cm³/mol. The molecule has 1 unspecified atom stereocenters. The van der Waals surface area contributed by atoms with Gasteiger partial charge in [-0.05, 0) is 47.2 Å². The Hall–Kier alpha value is -1.94. The maximum absolute atomic E-state index is 12.5. The van der Waals surface area contributed by atoms with Gasteiger partial charge >= 0.3 is 0 Å². The van der Waals surface area contributed by atoms with E-state index in [0.29, 0.717) is 25.2 Å². The second-order valence-corrected chi connectivity index (χ2v) is 7.22. The molecule has 1 saturated heterocycles. The summed E-state index contributed by atoms with van der Waals surface area (Å²) in [7, 11) is 0. The van der Waals surface area contributed by atoms with Gasteiger partial charge in [-0.2, -0.15) is 11.3 Å². The minimum atomic E-state index is 0.00823. The number of amides is 1. The first-order valence-electron chi connectivity index (χ1n) is 8.58. The minimum Gasteiger partial charge on any atom is -0.342 e. The van der Waals surface area contributed by atoms with Gasteiger partial charge in [0.2, 0.25) is 5.91 Å². The Morgan fingerprint density at radius 1 is 1.12 bits per heavy atom. The zero-order chi connectivity index (χ0) is 16.8. The molecule has 1 aromatic heterocycles. The molecule has 0 aliphatic carbocycles. The fourth-order valence-electron chi connectivity index (χ4n) is 3.26. The smallest absolute Gasteiger partial charge is 0.227 e. The number of piperidine rings is 1. The number of rotatable bonds is 6. The van der Waals surface area contributed by atoms with E-state index in [1.165, 1.54) is 5.56 Å². The van der Waals surface area contributed by atoms with Gasteiger partial charge in [0.15, 0.2) is 0 Å². The van der Waals surface area contributed by atoms with Crippen LogP contribution in [0.3, 0.4) is 0 Å². The molecule has 24 heavy (non-hydrogen) atoms. The van der Waals surface area contributed by atoms with Crippen molar-refractivity contribution in [3.8, 4) is 0 Å². The van der Waals surface area contributed by atoms with Gasteiger partial charge in [0.1, 0.15) is 5.78 Å². The summed E-state index contributed by atoms with van der Waals surface area (Å²) in [5.74, 6) is 0.453. The highest BCUT2D eigenvalue weighted by molar-refractivity contribution is 7.08. The lowest BCUT2D eigenvalue weighted by Gasteiger charge is -2.32. The number of ketones is 1. The molecular formula is C20H23NO2S. The highest BCUT2D eigenvalue weighted by Crippen LogP contribution is 2.21. The molecule has 126 valence electrons. The Morgan fingerprint density at radius 3 is 2.71 bits per heavy atom. The second kappa shape index (κ2) is 8.25. The number of hydrogen-bond acceptors (Lipinski definition) is 3. The SMILES string of the molecule is O=C(CCc1ccccc1)C1CCCN(C(=O)Cc2ccsc2)C1. The summed E-state index contributed by atoms with van der Waals surface area (Å²) in [5.41, 5.74) is 2.27. The molecule has 3 rings (SSSR count). The van der Waals surface area contributed by atoms with E-state index in [1.54, 1.807) is 11.3 Å². The van der Waals surface area contributed by atoms with Crippen LogP contribution in [-0.4, -0.2) is 29.7 Å². The van der Waals surface area contributed by atoms with E-state index < -0.39 is 0 Å². The standard InChI is InChI=1S/C20H23NO2S/c22-19(9-8-16-5-2-1-3-6-16)18-7-4-11-21(14-18)20(23)13-17-10-12-24-15-17/h1-3,5-6,10,12,15,18H,4,7-9,11,13-14H2. The second-order valence-electron chi connectivity index (χ2n) is 6.44. The van der Waals surface area contributed by atoms with Gasteiger partial charge < -0.3 is 4.90 Å². The Labute approximate surface area is 147 Å². The summed E-state index contributed by atoms with van der Waals surface area (Å²) >= 11 is 1.61. The molecule has 0 saturated carbocycles. The maximum Gasteiger partial charge on any atom is 0.227 e. The largest absolute Gasteiger partial charge is 0.342 e. The summed E-state index contributed by atoms with van der Waals surface area (Å²) < 4.78 is 0. The van der Waals surface area contributed by atoms with Crippen molar-refractivity contribution >= 4 is 23.0 Å². The molecule has 1 aromatic carbocycles. The van der Waals surface area contributed by atoms with Gasteiger partial charge in [0, 0.05) is 25.4 Å². The van der Waals surface area contributed by atoms with Crippen molar-refractivity contribution in [2.24, 2.45) is 5.92 Å². The van der Waals surface area contributed by atoms with Crippen LogP contribution < -0.4 is 0 Å². The Kier molecular flexibility index (Phi) is 5.81. The third kappa shape index (κ3) is 4.54. The highest BCUT2D eigenvalue weighted by Gasteiger charge is 2.27. The third-order valence-corrected chi connectivity index (χ3v) is 5.40. The number of thiophene rings is 1. The molecule has 1 atom stereocenters. The summed E-state index contributed by atoms with van der Waals surface area (Å²) in [6, 6.07) is 12.1. The van der Waals surface area contributed by atoms with Gasteiger partial charge in [-0.1, -0.05) is 30.3 Å². The van der Waals surface area contributed by atoms with Crippen LogP contribution in [0.4, 0.5) is 0 Å². The van der Waals surface area contributed by atoms with Crippen molar-refractivity contribution in [1.82, 2.24) is 4.90 Å². The van der Waals surface area contributed by atoms with Crippen LogP contribution in [0.25, 0.3) is 0 Å². The van der Waals surface area contributed by atoms with E-state index in [-0.39, 0.29) is 11.8 Å². The summed E-state index contributed by atoms with van der Waals surface area (Å²) in [5, 5.41) is 4.01. The van der Waals surface area contributed by atoms with Crippen LogP contribution in [0.1, 0.15) is 30.4 Å². The molecule has 1 fully saturated rings. The molecule has 2 aromatic rings. The van der Waals surface area contributed by atoms with Gasteiger partial charge in [0.05, 0.1) is 6.42 Å². The van der Waals surface area contributed by atoms with Crippen molar-refractivity contribution in [3.63, 3.8) is 0 Å². The fraction of sp³-hybridized carbons (Fsp3) is 0.400. The Bertz CT molecular complexity index is 666. The summed E-state index contributed by atoms with van der Waals surface area (Å²) in [4.78, 5) is 26.8. The number of hydrogen-bond donors (Lipinski definition) is 0. The monoisotopic (exact) mass is 341 g/mol. The molecule has 1 aliphatic heterocycles. The molecular weight excluding hydrogens is 318 g/mol. The molecule has 1 amide bonds. The van der Waals surface area contributed by atoms with E-state index in [2.05, 4.69) is 12.1 Å². The van der Waals surface area contributed by atoms with Crippen molar-refractivity contribution in [3.05, 3.63) is 58.3 Å². The number of nitrogens with zero attached hydrogens (tertiary/aromatic N) is 1. The number of Topliss-reactive ketones (excluding diaryl/α,β-unsaturated/α-hetero) is 1.